The Bertz CT molecular complexity index is 568. The second kappa shape index (κ2) is 6.44. The van der Waals surface area contributed by atoms with Crippen molar-refractivity contribution in [1.82, 2.24) is 0 Å². The van der Waals surface area contributed by atoms with Gasteiger partial charge in [0.05, 0.1) is 13.2 Å². The number of ether oxygens (including phenoxy) is 1. The summed E-state index contributed by atoms with van der Waals surface area (Å²) in [7, 11) is 3.62. The Morgan fingerprint density at radius 1 is 1.15 bits per heavy atom. The minimum absolute atomic E-state index is 0.540. The molecule has 2 rings (SSSR count). The average molecular weight is 271 g/mol. The SMILES string of the molecule is COc1cccc(C(O)CN(C)c2ccccc2C)c1. The van der Waals surface area contributed by atoms with Crippen LogP contribution in [0.5, 0.6) is 5.75 Å². The van der Waals surface area contributed by atoms with Gasteiger partial charge in [0.25, 0.3) is 0 Å². The van der Waals surface area contributed by atoms with Crippen molar-refractivity contribution in [1.29, 1.82) is 0 Å². The number of aliphatic hydroxyl groups excluding tert-OH is 1. The molecule has 2 aromatic rings. The molecule has 2 aromatic carbocycles. The summed E-state index contributed by atoms with van der Waals surface area (Å²) in [6.07, 6.45) is -0.547. The van der Waals surface area contributed by atoms with E-state index in [9.17, 15) is 5.11 Å². The molecule has 3 heteroatoms. The van der Waals surface area contributed by atoms with E-state index in [0.29, 0.717) is 6.54 Å². The summed E-state index contributed by atoms with van der Waals surface area (Å²) in [4.78, 5) is 2.07. The summed E-state index contributed by atoms with van der Waals surface area (Å²) in [5.41, 5.74) is 3.20. The van der Waals surface area contributed by atoms with Crippen molar-refractivity contribution in [2.45, 2.75) is 13.0 Å². The summed E-state index contributed by atoms with van der Waals surface area (Å²) in [6, 6.07) is 15.7. The quantitative estimate of drug-likeness (QED) is 0.906. The van der Waals surface area contributed by atoms with E-state index in [0.717, 1.165) is 17.0 Å². The van der Waals surface area contributed by atoms with Gasteiger partial charge in [-0.05, 0) is 36.2 Å². The van der Waals surface area contributed by atoms with Gasteiger partial charge in [-0.3, -0.25) is 0 Å². The van der Waals surface area contributed by atoms with E-state index < -0.39 is 6.10 Å². The van der Waals surface area contributed by atoms with E-state index in [2.05, 4.69) is 24.0 Å². The number of nitrogens with zero attached hydrogens (tertiary/aromatic N) is 1. The van der Waals surface area contributed by atoms with Gasteiger partial charge < -0.3 is 14.7 Å². The molecule has 3 nitrogen and oxygen atoms in total. The lowest BCUT2D eigenvalue weighted by Gasteiger charge is -2.24. The molecule has 0 radical (unpaired) electrons. The van der Waals surface area contributed by atoms with Crippen LogP contribution < -0.4 is 9.64 Å². The Morgan fingerprint density at radius 3 is 2.60 bits per heavy atom. The minimum atomic E-state index is -0.547. The van der Waals surface area contributed by atoms with Gasteiger partial charge in [0.2, 0.25) is 0 Å². The number of hydrogen-bond donors (Lipinski definition) is 1. The number of hydrogen-bond acceptors (Lipinski definition) is 3. The fraction of sp³-hybridized carbons (Fsp3) is 0.294. The Kier molecular flexibility index (Phi) is 4.64. The lowest BCUT2D eigenvalue weighted by Crippen LogP contribution is -2.24. The van der Waals surface area contributed by atoms with Crippen LogP contribution in [0.4, 0.5) is 5.69 Å². The predicted molar refractivity (Wildman–Crippen MR) is 82.4 cm³/mol. The number of rotatable bonds is 5. The number of likely N-dealkylation sites (N-methyl/N-ethyl adjacent to an activating group) is 1. The number of aliphatic hydroxyl groups is 1. The first-order valence-electron chi connectivity index (χ1n) is 6.70. The maximum Gasteiger partial charge on any atom is 0.119 e. The van der Waals surface area contributed by atoms with Gasteiger partial charge in [-0.15, -0.1) is 0 Å². The molecule has 0 spiro atoms. The number of para-hydroxylation sites is 1. The molecule has 1 unspecified atom stereocenters. The number of aryl methyl sites for hydroxylation is 1. The van der Waals surface area contributed by atoms with Crippen LogP contribution in [0.3, 0.4) is 0 Å². The molecule has 1 atom stereocenters. The van der Waals surface area contributed by atoms with E-state index in [-0.39, 0.29) is 0 Å². The van der Waals surface area contributed by atoms with E-state index in [1.54, 1.807) is 7.11 Å². The Morgan fingerprint density at radius 2 is 1.90 bits per heavy atom. The van der Waals surface area contributed by atoms with Gasteiger partial charge in [0.1, 0.15) is 5.75 Å². The summed E-state index contributed by atoms with van der Waals surface area (Å²) in [5.74, 6) is 0.764. The zero-order chi connectivity index (χ0) is 14.5. The third-order valence-electron chi connectivity index (χ3n) is 3.45. The molecule has 0 saturated heterocycles. The van der Waals surface area contributed by atoms with Gasteiger partial charge in [0, 0.05) is 19.3 Å². The van der Waals surface area contributed by atoms with E-state index >= 15 is 0 Å². The molecule has 0 aromatic heterocycles. The van der Waals surface area contributed by atoms with Crippen molar-refractivity contribution in [2.24, 2.45) is 0 Å². The van der Waals surface area contributed by atoms with Crippen molar-refractivity contribution in [3.05, 3.63) is 59.7 Å². The topological polar surface area (TPSA) is 32.7 Å². The fourth-order valence-corrected chi connectivity index (χ4v) is 2.30. The molecule has 1 N–H and O–H groups in total. The Hall–Kier alpha value is -2.00. The lowest BCUT2D eigenvalue weighted by molar-refractivity contribution is 0.184. The highest BCUT2D eigenvalue weighted by molar-refractivity contribution is 5.52. The molecule has 0 amide bonds. The van der Waals surface area contributed by atoms with E-state index in [4.69, 9.17) is 4.74 Å². The van der Waals surface area contributed by atoms with E-state index in [1.165, 1.54) is 5.56 Å². The van der Waals surface area contributed by atoms with Crippen molar-refractivity contribution < 1.29 is 9.84 Å². The van der Waals surface area contributed by atoms with Crippen molar-refractivity contribution in [3.8, 4) is 5.75 Å². The monoisotopic (exact) mass is 271 g/mol. The first-order chi connectivity index (χ1) is 9.61. The average Bonchev–Trinajstić information content (AvgIpc) is 2.47. The highest BCUT2D eigenvalue weighted by atomic mass is 16.5. The minimum Gasteiger partial charge on any atom is -0.497 e. The third-order valence-corrected chi connectivity index (χ3v) is 3.45. The number of methoxy groups -OCH3 is 1. The van der Waals surface area contributed by atoms with Gasteiger partial charge in [-0.1, -0.05) is 30.3 Å². The van der Waals surface area contributed by atoms with Crippen LogP contribution in [0.15, 0.2) is 48.5 Å². The number of benzene rings is 2. The number of anilines is 1. The predicted octanol–water partition coefficient (Wildman–Crippen LogP) is 3.17. The van der Waals surface area contributed by atoms with Crippen LogP contribution in [0.2, 0.25) is 0 Å². The molecular weight excluding hydrogens is 250 g/mol. The van der Waals surface area contributed by atoms with Crippen molar-refractivity contribution in [3.63, 3.8) is 0 Å². The van der Waals surface area contributed by atoms with Crippen molar-refractivity contribution in [2.75, 3.05) is 25.6 Å². The zero-order valence-corrected chi connectivity index (χ0v) is 12.2. The molecule has 0 bridgehead atoms. The van der Waals surface area contributed by atoms with Crippen molar-refractivity contribution >= 4 is 5.69 Å². The zero-order valence-electron chi connectivity index (χ0n) is 12.2. The summed E-state index contributed by atoms with van der Waals surface area (Å²) in [5, 5.41) is 10.4. The van der Waals surface area contributed by atoms with Crippen LogP contribution in [-0.2, 0) is 0 Å². The van der Waals surface area contributed by atoms with Gasteiger partial charge >= 0.3 is 0 Å². The standard InChI is InChI=1S/C17H21NO2/c1-13-7-4-5-10-16(13)18(2)12-17(19)14-8-6-9-15(11-14)20-3/h4-11,17,19H,12H2,1-3H3. The summed E-state index contributed by atoms with van der Waals surface area (Å²) < 4.78 is 5.19. The van der Waals surface area contributed by atoms with Gasteiger partial charge in [-0.25, -0.2) is 0 Å². The first kappa shape index (κ1) is 14.4. The Labute approximate surface area is 120 Å². The lowest BCUT2D eigenvalue weighted by atomic mass is 10.1. The van der Waals surface area contributed by atoms with Gasteiger partial charge in [0.15, 0.2) is 0 Å². The maximum absolute atomic E-state index is 10.4. The van der Waals surface area contributed by atoms with Crippen LogP contribution >= 0.6 is 0 Å². The summed E-state index contributed by atoms with van der Waals surface area (Å²) >= 11 is 0. The molecule has 0 saturated carbocycles. The molecule has 20 heavy (non-hydrogen) atoms. The highest BCUT2D eigenvalue weighted by Crippen LogP contribution is 2.23. The first-order valence-corrected chi connectivity index (χ1v) is 6.70. The molecule has 0 heterocycles. The molecule has 0 aliphatic rings. The molecule has 106 valence electrons. The maximum atomic E-state index is 10.4. The summed E-state index contributed by atoms with van der Waals surface area (Å²) in [6.45, 7) is 2.61. The van der Waals surface area contributed by atoms with Crippen LogP contribution in [0, 0.1) is 6.92 Å². The van der Waals surface area contributed by atoms with Crippen LogP contribution in [-0.4, -0.2) is 25.8 Å². The third kappa shape index (κ3) is 3.31. The second-order valence-electron chi connectivity index (χ2n) is 4.96. The van der Waals surface area contributed by atoms with E-state index in [1.807, 2.05) is 43.4 Å². The fourth-order valence-electron chi connectivity index (χ4n) is 2.30. The molecule has 0 aliphatic heterocycles. The van der Waals surface area contributed by atoms with Crippen LogP contribution in [0.1, 0.15) is 17.2 Å². The highest BCUT2D eigenvalue weighted by Gasteiger charge is 2.13. The van der Waals surface area contributed by atoms with Gasteiger partial charge in [-0.2, -0.15) is 0 Å². The molecular formula is C17H21NO2. The molecule has 0 aliphatic carbocycles. The second-order valence-corrected chi connectivity index (χ2v) is 4.96. The Balaban J connectivity index is 2.11. The molecule has 0 fully saturated rings. The van der Waals surface area contributed by atoms with Crippen LogP contribution in [0.25, 0.3) is 0 Å². The smallest absolute Gasteiger partial charge is 0.119 e. The normalized spacial score (nSPS) is 12.0. The largest absolute Gasteiger partial charge is 0.497 e.